The van der Waals surface area contributed by atoms with Crippen molar-refractivity contribution >= 4 is 0 Å². The quantitative estimate of drug-likeness (QED) is 0.560. The lowest BCUT2D eigenvalue weighted by atomic mass is 10.0. The van der Waals surface area contributed by atoms with Crippen LogP contribution in [0.15, 0.2) is 0 Å². The molecule has 0 N–H and O–H groups in total. The molecule has 0 bridgehead atoms. The minimum Gasteiger partial charge on any atom is -0.236 e. The van der Waals surface area contributed by atoms with E-state index in [0.717, 1.165) is 25.7 Å². The zero-order chi connectivity index (χ0) is 8.23. The number of hydrogen-bond acceptors (Lipinski definition) is 4. The Kier molecular flexibility index (Phi) is 2.94. The summed E-state index contributed by atoms with van der Waals surface area (Å²) in [7, 11) is 0. The first-order valence-corrected chi connectivity index (χ1v) is 4.53. The molecule has 0 aromatic carbocycles. The molecule has 2 aliphatic rings. The molecule has 0 saturated carbocycles. The van der Waals surface area contributed by atoms with Crippen molar-refractivity contribution in [1.29, 1.82) is 0 Å². The second kappa shape index (κ2) is 4.18. The summed E-state index contributed by atoms with van der Waals surface area (Å²) in [4.78, 5) is 20.0. The Labute approximate surface area is 71.6 Å². The fraction of sp³-hybridized carbons (Fsp3) is 1.00. The van der Waals surface area contributed by atoms with Gasteiger partial charge in [0.2, 0.25) is 0 Å². The van der Waals surface area contributed by atoms with Gasteiger partial charge in [0.05, 0.1) is 13.2 Å². The minimum atomic E-state index is 0.0686. The van der Waals surface area contributed by atoms with E-state index in [9.17, 15) is 0 Å². The third-order valence-electron chi connectivity index (χ3n) is 2.23. The highest BCUT2D eigenvalue weighted by Crippen LogP contribution is 2.22. The molecule has 12 heavy (non-hydrogen) atoms. The van der Waals surface area contributed by atoms with Crippen molar-refractivity contribution in [1.82, 2.24) is 0 Å². The van der Waals surface area contributed by atoms with Gasteiger partial charge in [0.25, 0.3) is 0 Å². The van der Waals surface area contributed by atoms with Crippen LogP contribution in [-0.4, -0.2) is 25.4 Å². The van der Waals surface area contributed by atoms with Gasteiger partial charge >= 0.3 is 0 Å². The Morgan fingerprint density at radius 3 is 1.58 bits per heavy atom. The topological polar surface area (TPSA) is 36.9 Å². The van der Waals surface area contributed by atoms with Crippen LogP contribution in [0.25, 0.3) is 0 Å². The van der Waals surface area contributed by atoms with Crippen molar-refractivity contribution in [2.24, 2.45) is 0 Å². The first-order chi connectivity index (χ1) is 5.97. The monoisotopic (exact) mass is 174 g/mol. The van der Waals surface area contributed by atoms with E-state index in [1.165, 1.54) is 0 Å². The second-order valence-corrected chi connectivity index (χ2v) is 3.20. The predicted octanol–water partition coefficient (Wildman–Crippen LogP) is 1.21. The van der Waals surface area contributed by atoms with E-state index >= 15 is 0 Å². The molecule has 2 aliphatic heterocycles. The summed E-state index contributed by atoms with van der Waals surface area (Å²) in [6.45, 7) is 1.40. The summed E-state index contributed by atoms with van der Waals surface area (Å²) in [6.07, 6.45) is 4.25. The zero-order valence-electron chi connectivity index (χ0n) is 7.03. The number of rotatable bonds is 1. The minimum absolute atomic E-state index is 0.0686. The Balaban J connectivity index is 1.80. The van der Waals surface area contributed by atoms with Gasteiger partial charge in [0.15, 0.2) is 0 Å². The van der Waals surface area contributed by atoms with E-state index in [1.807, 2.05) is 0 Å². The maximum absolute atomic E-state index is 5.11. The van der Waals surface area contributed by atoms with Gasteiger partial charge in [-0.2, -0.15) is 0 Å². The van der Waals surface area contributed by atoms with Crippen LogP contribution in [0.2, 0.25) is 0 Å². The normalized spacial score (nSPS) is 38.0. The van der Waals surface area contributed by atoms with Crippen LogP contribution in [0, 0.1) is 0 Å². The lowest BCUT2D eigenvalue weighted by molar-refractivity contribution is -0.413. The largest absolute Gasteiger partial charge is 0.236 e. The molecule has 2 atom stereocenters. The highest BCUT2D eigenvalue weighted by molar-refractivity contribution is 4.71. The molecule has 0 amide bonds. The van der Waals surface area contributed by atoms with E-state index in [-0.39, 0.29) is 12.2 Å². The van der Waals surface area contributed by atoms with Crippen LogP contribution >= 0.6 is 0 Å². The van der Waals surface area contributed by atoms with Crippen molar-refractivity contribution in [3.63, 3.8) is 0 Å². The molecule has 0 radical (unpaired) electrons. The maximum Gasteiger partial charge on any atom is 0.122 e. The van der Waals surface area contributed by atoms with E-state index in [4.69, 9.17) is 19.6 Å². The molecular weight excluding hydrogens is 160 g/mol. The molecule has 2 fully saturated rings. The highest BCUT2D eigenvalue weighted by atomic mass is 17.2. The predicted molar refractivity (Wildman–Crippen MR) is 40.1 cm³/mol. The Morgan fingerprint density at radius 2 is 1.25 bits per heavy atom. The number of hydrogen-bond donors (Lipinski definition) is 0. The summed E-state index contributed by atoms with van der Waals surface area (Å²) in [5, 5.41) is 0. The van der Waals surface area contributed by atoms with Gasteiger partial charge in [0.1, 0.15) is 12.2 Å². The van der Waals surface area contributed by atoms with Crippen LogP contribution in [0.3, 0.4) is 0 Å². The van der Waals surface area contributed by atoms with Crippen molar-refractivity contribution in [2.45, 2.75) is 37.9 Å². The van der Waals surface area contributed by atoms with Gasteiger partial charge in [0, 0.05) is 0 Å². The van der Waals surface area contributed by atoms with E-state index < -0.39 is 0 Å². The summed E-state index contributed by atoms with van der Waals surface area (Å²) in [5.74, 6) is 0. The molecule has 2 unspecified atom stereocenters. The average Bonchev–Trinajstić information content (AvgIpc) is 2.21. The molecule has 0 aromatic rings. The lowest BCUT2D eigenvalue weighted by Gasteiger charge is -2.30. The third-order valence-corrected chi connectivity index (χ3v) is 2.23. The van der Waals surface area contributed by atoms with Crippen LogP contribution in [0.4, 0.5) is 0 Å². The summed E-state index contributed by atoms with van der Waals surface area (Å²) < 4.78 is 0. The lowest BCUT2D eigenvalue weighted by Crippen LogP contribution is -2.37. The molecule has 0 aromatic heterocycles. The van der Waals surface area contributed by atoms with Crippen LogP contribution < -0.4 is 0 Å². The SMILES string of the molecule is C1COOC(C2CCCOO2)C1. The van der Waals surface area contributed by atoms with Crippen molar-refractivity contribution < 1.29 is 19.6 Å². The summed E-state index contributed by atoms with van der Waals surface area (Å²) in [6, 6.07) is 0. The maximum atomic E-state index is 5.11. The molecule has 4 heteroatoms. The third kappa shape index (κ3) is 1.95. The van der Waals surface area contributed by atoms with Gasteiger partial charge in [-0.25, -0.2) is 19.6 Å². The first kappa shape index (κ1) is 8.44. The van der Waals surface area contributed by atoms with Gasteiger partial charge in [-0.05, 0) is 25.7 Å². The van der Waals surface area contributed by atoms with Gasteiger partial charge in [-0.15, -0.1) is 0 Å². The molecule has 0 spiro atoms. The zero-order valence-corrected chi connectivity index (χ0v) is 7.03. The van der Waals surface area contributed by atoms with Crippen LogP contribution in [0.5, 0.6) is 0 Å². The molecule has 0 aliphatic carbocycles. The molecule has 4 nitrogen and oxygen atoms in total. The standard InChI is InChI=1S/C8H14O4/c1-3-7(11-9-5-1)8-4-2-6-10-12-8/h7-8H,1-6H2. The van der Waals surface area contributed by atoms with Crippen molar-refractivity contribution in [3.8, 4) is 0 Å². The van der Waals surface area contributed by atoms with Crippen LogP contribution in [0.1, 0.15) is 25.7 Å². The van der Waals surface area contributed by atoms with E-state index in [1.54, 1.807) is 0 Å². The molecule has 70 valence electrons. The second-order valence-electron chi connectivity index (χ2n) is 3.20. The molecule has 2 rings (SSSR count). The Morgan fingerprint density at radius 1 is 0.750 bits per heavy atom. The average molecular weight is 174 g/mol. The fourth-order valence-electron chi connectivity index (χ4n) is 1.55. The molecule has 2 heterocycles. The summed E-state index contributed by atoms with van der Waals surface area (Å²) >= 11 is 0. The highest BCUT2D eigenvalue weighted by Gasteiger charge is 2.29. The van der Waals surface area contributed by atoms with E-state index in [2.05, 4.69) is 0 Å². The molecular formula is C8H14O4. The summed E-state index contributed by atoms with van der Waals surface area (Å²) in [5.41, 5.74) is 0. The first-order valence-electron chi connectivity index (χ1n) is 4.53. The fourth-order valence-corrected chi connectivity index (χ4v) is 1.55. The van der Waals surface area contributed by atoms with E-state index in [0.29, 0.717) is 13.2 Å². The van der Waals surface area contributed by atoms with Crippen molar-refractivity contribution in [3.05, 3.63) is 0 Å². The molecule has 2 saturated heterocycles. The smallest absolute Gasteiger partial charge is 0.122 e. The Bertz CT molecular complexity index is 111. The van der Waals surface area contributed by atoms with Gasteiger partial charge in [-0.3, -0.25) is 0 Å². The Hall–Kier alpha value is -0.160. The van der Waals surface area contributed by atoms with Crippen LogP contribution in [-0.2, 0) is 19.6 Å². The van der Waals surface area contributed by atoms with Crippen molar-refractivity contribution in [2.75, 3.05) is 13.2 Å². The van der Waals surface area contributed by atoms with Gasteiger partial charge < -0.3 is 0 Å². The van der Waals surface area contributed by atoms with Gasteiger partial charge in [-0.1, -0.05) is 0 Å².